The molecular formula is C21H30N4O4. The van der Waals surface area contributed by atoms with Crippen LogP contribution in [0.2, 0.25) is 0 Å². The summed E-state index contributed by atoms with van der Waals surface area (Å²) in [5, 5.41) is 9.72. The predicted molar refractivity (Wildman–Crippen MR) is 109 cm³/mol. The lowest BCUT2D eigenvalue weighted by Gasteiger charge is -2.34. The molecule has 0 aliphatic carbocycles. The minimum absolute atomic E-state index is 0.101. The highest BCUT2D eigenvalue weighted by molar-refractivity contribution is 5.91. The summed E-state index contributed by atoms with van der Waals surface area (Å²) >= 11 is 0. The lowest BCUT2D eigenvalue weighted by Crippen LogP contribution is -2.45. The highest BCUT2D eigenvalue weighted by Gasteiger charge is 2.21. The van der Waals surface area contributed by atoms with Crippen LogP contribution in [0.5, 0.6) is 11.5 Å². The van der Waals surface area contributed by atoms with Gasteiger partial charge in [0.1, 0.15) is 6.26 Å². The Morgan fingerprint density at radius 3 is 2.59 bits per heavy atom. The van der Waals surface area contributed by atoms with Gasteiger partial charge >= 0.3 is 0 Å². The van der Waals surface area contributed by atoms with Gasteiger partial charge in [-0.05, 0) is 24.1 Å². The van der Waals surface area contributed by atoms with Gasteiger partial charge in [0.2, 0.25) is 5.89 Å². The van der Waals surface area contributed by atoms with Crippen LogP contribution in [0.25, 0.3) is 0 Å². The summed E-state index contributed by atoms with van der Waals surface area (Å²) in [6.45, 7) is 7.81. The second-order valence-corrected chi connectivity index (χ2v) is 7.41. The number of hydrogen-bond donors (Lipinski definition) is 1. The summed E-state index contributed by atoms with van der Waals surface area (Å²) in [7, 11) is 3.34. The summed E-state index contributed by atoms with van der Waals surface area (Å²) in [5.74, 6) is 1.14. The quantitative estimate of drug-likeness (QED) is 0.725. The first-order valence-electron chi connectivity index (χ1n) is 10.0. The van der Waals surface area contributed by atoms with Gasteiger partial charge < -0.3 is 19.2 Å². The number of ether oxygens (including phenoxy) is 1. The Balaban J connectivity index is 1.48. The number of rotatable bonds is 8. The largest absolute Gasteiger partial charge is 0.504 e. The number of carbonyl (C=O) groups excluding carboxylic acids is 1. The van der Waals surface area contributed by atoms with Crippen LogP contribution in [0, 0.1) is 0 Å². The number of aromatic hydroxyl groups is 1. The van der Waals surface area contributed by atoms with Crippen LogP contribution in [0.1, 0.15) is 35.3 Å². The fraction of sp³-hybridized carbons (Fsp3) is 0.524. The average Bonchev–Trinajstić information content (AvgIpc) is 3.19. The molecule has 1 fully saturated rings. The summed E-state index contributed by atoms with van der Waals surface area (Å²) < 4.78 is 10.7. The van der Waals surface area contributed by atoms with Crippen molar-refractivity contribution in [1.29, 1.82) is 0 Å². The normalized spacial score (nSPS) is 15.4. The zero-order chi connectivity index (χ0) is 20.8. The van der Waals surface area contributed by atoms with Crippen LogP contribution < -0.4 is 4.74 Å². The van der Waals surface area contributed by atoms with Crippen molar-refractivity contribution in [3.63, 3.8) is 0 Å². The number of nitrogens with zero attached hydrogens (tertiary/aromatic N) is 4. The first-order valence-corrected chi connectivity index (χ1v) is 10.0. The molecule has 1 N–H and O–H groups in total. The molecule has 8 heteroatoms. The second-order valence-electron chi connectivity index (χ2n) is 7.41. The summed E-state index contributed by atoms with van der Waals surface area (Å²) in [6.07, 6.45) is 2.37. The van der Waals surface area contributed by atoms with Gasteiger partial charge in [0.25, 0.3) is 5.91 Å². The molecule has 8 nitrogen and oxygen atoms in total. The van der Waals surface area contributed by atoms with Crippen LogP contribution in [-0.4, -0.2) is 77.6 Å². The Morgan fingerprint density at radius 2 is 1.93 bits per heavy atom. The van der Waals surface area contributed by atoms with E-state index >= 15 is 0 Å². The minimum atomic E-state index is -0.101. The van der Waals surface area contributed by atoms with Crippen LogP contribution in [-0.2, 0) is 13.1 Å². The number of hydrogen-bond acceptors (Lipinski definition) is 7. The zero-order valence-electron chi connectivity index (χ0n) is 17.4. The van der Waals surface area contributed by atoms with E-state index in [4.69, 9.17) is 9.15 Å². The number of benzene rings is 1. The van der Waals surface area contributed by atoms with E-state index in [0.717, 1.165) is 44.7 Å². The molecule has 0 bridgehead atoms. The second kappa shape index (κ2) is 9.76. The van der Waals surface area contributed by atoms with Crippen molar-refractivity contribution in [2.75, 3.05) is 46.9 Å². The third-order valence-corrected chi connectivity index (χ3v) is 5.15. The Labute approximate surface area is 171 Å². The Morgan fingerprint density at radius 1 is 1.24 bits per heavy atom. The maximum Gasteiger partial charge on any atom is 0.275 e. The number of piperazine rings is 1. The maximum absolute atomic E-state index is 12.3. The van der Waals surface area contributed by atoms with Crippen LogP contribution >= 0.6 is 0 Å². The van der Waals surface area contributed by atoms with E-state index in [1.165, 1.54) is 6.26 Å². The molecule has 1 aliphatic heterocycles. The van der Waals surface area contributed by atoms with Gasteiger partial charge in [-0.25, -0.2) is 4.98 Å². The van der Waals surface area contributed by atoms with Crippen LogP contribution in [0.15, 0.2) is 28.9 Å². The number of carbonyl (C=O) groups is 1. The van der Waals surface area contributed by atoms with Crippen molar-refractivity contribution in [3.05, 3.63) is 41.6 Å². The van der Waals surface area contributed by atoms with E-state index in [9.17, 15) is 9.90 Å². The molecule has 158 valence electrons. The summed E-state index contributed by atoms with van der Waals surface area (Å²) in [5.41, 5.74) is 1.48. The highest BCUT2D eigenvalue weighted by Crippen LogP contribution is 2.27. The number of amides is 1. The molecular weight excluding hydrogens is 372 g/mol. The molecule has 0 spiro atoms. The number of oxazole rings is 1. The maximum atomic E-state index is 12.3. The van der Waals surface area contributed by atoms with E-state index in [0.29, 0.717) is 30.4 Å². The Kier molecular flexibility index (Phi) is 7.11. The van der Waals surface area contributed by atoms with Gasteiger partial charge in [-0.1, -0.05) is 13.0 Å². The van der Waals surface area contributed by atoms with Crippen LogP contribution in [0.3, 0.4) is 0 Å². The van der Waals surface area contributed by atoms with Crippen molar-refractivity contribution >= 4 is 5.91 Å². The molecule has 2 aromatic rings. The number of methoxy groups -OCH3 is 1. The fourth-order valence-corrected chi connectivity index (χ4v) is 3.49. The monoisotopic (exact) mass is 402 g/mol. The number of phenolic OH excluding ortho intramolecular Hbond substituents is 1. The van der Waals surface area contributed by atoms with Crippen molar-refractivity contribution < 1.29 is 19.1 Å². The first kappa shape index (κ1) is 21.1. The molecule has 0 radical (unpaired) electrons. The van der Waals surface area contributed by atoms with Gasteiger partial charge in [-0.3, -0.25) is 14.6 Å². The Bertz CT molecular complexity index is 815. The summed E-state index contributed by atoms with van der Waals surface area (Å²) in [4.78, 5) is 23.0. The molecule has 1 aromatic carbocycles. The topological polar surface area (TPSA) is 82.3 Å². The first-order chi connectivity index (χ1) is 14.0. The molecule has 1 saturated heterocycles. The van der Waals surface area contributed by atoms with Gasteiger partial charge in [0.05, 0.1) is 13.7 Å². The third kappa shape index (κ3) is 5.48. The fourth-order valence-electron chi connectivity index (χ4n) is 3.49. The lowest BCUT2D eigenvalue weighted by molar-refractivity contribution is 0.0789. The van der Waals surface area contributed by atoms with E-state index in [1.54, 1.807) is 25.1 Å². The van der Waals surface area contributed by atoms with Crippen LogP contribution in [0.4, 0.5) is 0 Å². The van der Waals surface area contributed by atoms with E-state index < -0.39 is 0 Å². The molecule has 0 atom stereocenters. The third-order valence-electron chi connectivity index (χ3n) is 5.15. The lowest BCUT2D eigenvalue weighted by atomic mass is 10.1. The molecule has 1 aromatic heterocycles. The molecule has 0 unspecified atom stereocenters. The van der Waals surface area contributed by atoms with Gasteiger partial charge in [-0.2, -0.15) is 0 Å². The summed E-state index contributed by atoms with van der Waals surface area (Å²) in [6, 6.07) is 5.47. The molecule has 3 rings (SSSR count). The van der Waals surface area contributed by atoms with Crippen molar-refractivity contribution in [1.82, 2.24) is 19.7 Å². The zero-order valence-corrected chi connectivity index (χ0v) is 17.4. The van der Waals surface area contributed by atoms with E-state index in [-0.39, 0.29) is 11.7 Å². The Hall–Kier alpha value is -2.58. The highest BCUT2D eigenvalue weighted by atomic mass is 16.5. The van der Waals surface area contributed by atoms with E-state index in [2.05, 4.69) is 14.8 Å². The minimum Gasteiger partial charge on any atom is -0.504 e. The molecule has 0 saturated carbocycles. The SMILES string of the molecule is CCCN(C)C(=O)c1coc(CN2CCN(Cc3ccc(O)c(OC)c3)CC2)n1. The number of phenols is 1. The standard InChI is InChI=1S/C21H30N4O4/c1-4-7-23(2)21(27)17-15-29-20(22-17)14-25-10-8-24(9-11-25)13-16-5-6-18(26)19(12-16)28-3/h5-6,12,15,26H,4,7-11,13-14H2,1-3H3. The number of aromatic nitrogens is 1. The van der Waals surface area contributed by atoms with Gasteiger partial charge in [-0.15, -0.1) is 0 Å². The predicted octanol–water partition coefficient (Wildman–Crippen LogP) is 2.19. The average molecular weight is 402 g/mol. The van der Waals surface area contributed by atoms with Gasteiger partial charge in [0.15, 0.2) is 17.2 Å². The molecule has 2 heterocycles. The molecule has 1 amide bonds. The molecule has 1 aliphatic rings. The van der Waals surface area contributed by atoms with E-state index in [1.807, 2.05) is 19.1 Å². The van der Waals surface area contributed by atoms with Crippen molar-refractivity contribution in [2.24, 2.45) is 0 Å². The van der Waals surface area contributed by atoms with Gasteiger partial charge in [0, 0.05) is 46.3 Å². The molecule has 29 heavy (non-hydrogen) atoms. The van der Waals surface area contributed by atoms with Crippen molar-refractivity contribution in [2.45, 2.75) is 26.4 Å². The van der Waals surface area contributed by atoms with Crippen molar-refractivity contribution in [3.8, 4) is 11.5 Å². The smallest absolute Gasteiger partial charge is 0.275 e.